The number of ether oxygens (including phenoxy) is 2. The predicted octanol–water partition coefficient (Wildman–Crippen LogP) is 6.18. The highest BCUT2D eigenvalue weighted by Crippen LogP contribution is 2.38. The number of fused-ring (bicyclic) bond motifs is 2. The van der Waals surface area contributed by atoms with E-state index < -0.39 is 54.5 Å². The zero-order valence-corrected chi connectivity index (χ0v) is 27.2. The number of furan rings is 1. The molecule has 13 heteroatoms. The van der Waals surface area contributed by atoms with E-state index in [1.54, 1.807) is 41.4 Å². The second-order valence-electron chi connectivity index (χ2n) is 11.7. The lowest BCUT2D eigenvalue weighted by atomic mass is 9.86. The Balaban J connectivity index is 1.34. The summed E-state index contributed by atoms with van der Waals surface area (Å²) < 4.78 is 18.2. The summed E-state index contributed by atoms with van der Waals surface area (Å²) >= 11 is 1.52. The average Bonchev–Trinajstić information content (AvgIpc) is 3.85. The van der Waals surface area contributed by atoms with Gasteiger partial charge in [0.2, 0.25) is 12.7 Å². The molecule has 1 aliphatic rings. The summed E-state index contributed by atoms with van der Waals surface area (Å²) in [5.74, 6) is -3.75. The van der Waals surface area contributed by atoms with Crippen molar-refractivity contribution in [3.8, 4) is 11.5 Å². The average molecular weight is 684 g/mol. The molecular weight excluding hydrogens is 650 g/mol. The van der Waals surface area contributed by atoms with Crippen LogP contribution in [0.2, 0.25) is 0 Å². The zero-order chi connectivity index (χ0) is 34.5. The molecule has 2 amide bonds. The first kappa shape index (κ1) is 33.2. The van der Waals surface area contributed by atoms with Gasteiger partial charge >= 0.3 is 11.9 Å². The fraction of sp³-hybridized carbons (Fsp3) is 0.250. The van der Waals surface area contributed by atoms with Crippen LogP contribution in [0, 0.1) is 5.92 Å². The van der Waals surface area contributed by atoms with Gasteiger partial charge in [0.25, 0.3) is 5.91 Å². The molecule has 0 radical (unpaired) electrons. The fourth-order valence-corrected chi connectivity index (χ4v) is 6.97. The van der Waals surface area contributed by atoms with Crippen molar-refractivity contribution < 1.29 is 43.3 Å². The number of aliphatic carboxylic acids is 2. The third-order valence-corrected chi connectivity index (χ3v) is 9.54. The highest BCUT2D eigenvalue weighted by atomic mass is 32.1. The van der Waals surface area contributed by atoms with Gasteiger partial charge in [0.1, 0.15) is 5.76 Å². The van der Waals surface area contributed by atoms with E-state index in [4.69, 9.17) is 13.9 Å². The molecule has 3 N–H and O–H groups in total. The standard InChI is InChI=1S/C36H33N3O9S/c1-21(39(33(40)15-24(36(44)45)16-34(41)42)19-27-13-23-5-2-3-7-32(23)49-27)28(22-8-10-29-31(14-22)47-20-46-29)17-26-9-11-30(48-26)35(43)38-25-6-4-12-37-18-25/h2-14,18,21,24,28H,15-17,19-20H2,1H3,(H,38,43)(H,41,42)(H,44,45)/t21?,24-,28?/m1/s1. The Hall–Kier alpha value is -5.69. The summed E-state index contributed by atoms with van der Waals surface area (Å²) in [6.45, 7) is 2.10. The fourth-order valence-electron chi connectivity index (χ4n) is 5.91. The van der Waals surface area contributed by atoms with Crippen molar-refractivity contribution in [1.82, 2.24) is 9.88 Å². The number of anilines is 1. The summed E-state index contributed by atoms with van der Waals surface area (Å²) in [6.07, 6.45) is 2.19. The van der Waals surface area contributed by atoms with Crippen molar-refractivity contribution in [2.24, 2.45) is 5.92 Å². The topological polar surface area (TPSA) is 168 Å². The van der Waals surface area contributed by atoms with Gasteiger partial charge in [-0.25, -0.2) is 0 Å². The van der Waals surface area contributed by atoms with Crippen molar-refractivity contribution >= 4 is 50.9 Å². The Morgan fingerprint density at radius 2 is 1.78 bits per heavy atom. The number of pyridine rings is 1. The number of nitrogens with one attached hydrogen (secondary N) is 1. The third kappa shape index (κ3) is 7.90. The molecule has 0 spiro atoms. The summed E-state index contributed by atoms with van der Waals surface area (Å²) in [4.78, 5) is 57.0. The molecule has 0 bridgehead atoms. The number of carbonyl (C=O) groups excluding carboxylic acids is 2. The molecule has 0 saturated carbocycles. The smallest absolute Gasteiger partial charge is 0.307 e. The SMILES string of the molecule is CC(C(Cc1ccc(C(=O)Nc2cccnc2)o1)c1ccc2c(c1)OCO2)N(Cc1cc2ccccc2s1)C(=O)C[C@H](CC(=O)O)C(=O)O. The number of carbonyl (C=O) groups is 4. The molecule has 252 valence electrons. The highest BCUT2D eigenvalue weighted by molar-refractivity contribution is 7.19. The molecule has 5 aromatic rings. The quantitative estimate of drug-likeness (QED) is 0.123. The Morgan fingerprint density at radius 1 is 0.959 bits per heavy atom. The first-order valence-corrected chi connectivity index (χ1v) is 16.4. The number of hydrogen-bond donors (Lipinski definition) is 3. The molecule has 4 heterocycles. The van der Waals surface area contributed by atoms with Crippen molar-refractivity contribution in [2.75, 3.05) is 12.1 Å². The van der Waals surface area contributed by atoms with Gasteiger partial charge in [0.05, 0.1) is 30.8 Å². The number of aromatic nitrogens is 1. The Kier molecular flexibility index (Phi) is 9.90. The number of nitrogens with zero attached hydrogens (tertiary/aromatic N) is 2. The minimum absolute atomic E-state index is 0.0727. The van der Waals surface area contributed by atoms with Crippen LogP contribution >= 0.6 is 11.3 Å². The number of thiophene rings is 1. The molecule has 0 fully saturated rings. The van der Waals surface area contributed by atoms with Gasteiger partial charge in [-0.15, -0.1) is 11.3 Å². The molecule has 2 aromatic carbocycles. The lowest BCUT2D eigenvalue weighted by molar-refractivity contribution is -0.151. The normalized spacial score (nSPS) is 13.8. The van der Waals surface area contributed by atoms with Gasteiger partial charge in [0, 0.05) is 40.6 Å². The number of carboxylic acid groups (broad SMARTS) is 2. The van der Waals surface area contributed by atoms with Crippen LogP contribution < -0.4 is 14.8 Å². The van der Waals surface area contributed by atoms with Gasteiger partial charge in [0.15, 0.2) is 17.3 Å². The number of amides is 2. The first-order valence-electron chi connectivity index (χ1n) is 15.6. The Bertz CT molecular complexity index is 1960. The van der Waals surface area contributed by atoms with Crippen LogP contribution in [0.3, 0.4) is 0 Å². The van der Waals surface area contributed by atoms with E-state index in [1.807, 2.05) is 49.4 Å². The van der Waals surface area contributed by atoms with E-state index in [9.17, 15) is 29.4 Å². The summed E-state index contributed by atoms with van der Waals surface area (Å²) in [6, 6.07) is 21.5. The minimum Gasteiger partial charge on any atom is -0.481 e. The minimum atomic E-state index is -1.41. The zero-order valence-electron chi connectivity index (χ0n) is 26.4. The molecular formula is C36H33N3O9S. The van der Waals surface area contributed by atoms with Crippen molar-refractivity contribution in [3.63, 3.8) is 0 Å². The lowest BCUT2D eigenvalue weighted by Gasteiger charge is -2.35. The van der Waals surface area contributed by atoms with Crippen LogP contribution in [0.5, 0.6) is 11.5 Å². The van der Waals surface area contributed by atoms with Crippen molar-refractivity contribution in [2.45, 2.75) is 44.7 Å². The molecule has 0 aliphatic carbocycles. The predicted molar refractivity (Wildman–Crippen MR) is 180 cm³/mol. The maximum Gasteiger partial charge on any atom is 0.307 e. The number of carboxylic acids is 2. The number of rotatable bonds is 14. The molecule has 2 unspecified atom stereocenters. The van der Waals surface area contributed by atoms with E-state index in [0.29, 0.717) is 22.9 Å². The summed E-state index contributed by atoms with van der Waals surface area (Å²) in [5, 5.41) is 22.9. The van der Waals surface area contributed by atoms with E-state index in [1.165, 1.54) is 17.5 Å². The summed E-state index contributed by atoms with van der Waals surface area (Å²) in [5.41, 5.74) is 1.30. The molecule has 3 atom stereocenters. The Morgan fingerprint density at radius 3 is 2.53 bits per heavy atom. The maximum absolute atomic E-state index is 14.1. The van der Waals surface area contributed by atoms with Gasteiger partial charge in [-0.05, 0) is 66.4 Å². The third-order valence-electron chi connectivity index (χ3n) is 8.44. The molecule has 1 aliphatic heterocycles. The van der Waals surface area contributed by atoms with Crippen LogP contribution in [0.25, 0.3) is 10.1 Å². The monoisotopic (exact) mass is 683 g/mol. The molecule has 49 heavy (non-hydrogen) atoms. The van der Waals surface area contributed by atoms with E-state index >= 15 is 0 Å². The van der Waals surface area contributed by atoms with Crippen LogP contribution in [0.1, 0.15) is 52.4 Å². The molecule has 0 saturated heterocycles. The molecule has 12 nitrogen and oxygen atoms in total. The van der Waals surface area contributed by atoms with Crippen LogP contribution in [-0.2, 0) is 27.3 Å². The lowest BCUT2D eigenvalue weighted by Crippen LogP contribution is -2.43. The second kappa shape index (κ2) is 14.6. The molecule has 3 aromatic heterocycles. The maximum atomic E-state index is 14.1. The second-order valence-corrected chi connectivity index (χ2v) is 12.9. The van der Waals surface area contributed by atoms with E-state index in [-0.39, 0.29) is 25.5 Å². The number of benzene rings is 2. The van der Waals surface area contributed by atoms with Crippen molar-refractivity contribution in [1.29, 1.82) is 0 Å². The van der Waals surface area contributed by atoms with Crippen LogP contribution in [0.15, 0.2) is 89.6 Å². The number of hydrogen-bond acceptors (Lipinski definition) is 9. The largest absolute Gasteiger partial charge is 0.481 e. The van der Waals surface area contributed by atoms with Gasteiger partial charge in [-0.2, -0.15) is 0 Å². The van der Waals surface area contributed by atoms with Gasteiger partial charge in [-0.3, -0.25) is 24.2 Å². The Labute approximate surface area is 284 Å². The summed E-state index contributed by atoms with van der Waals surface area (Å²) in [7, 11) is 0. The molecule has 6 rings (SSSR count). The first-order chi connectivity index (χ1) is 23.6. The van der Waals surface area contributed by atoms with E-state index in [0.717, 1.165) is 20.5 Å². The highest BCUT2D eigenvalue weighted by Gasteiger charge is 2.34. The van der Waals surface area contributed by atoms with Gasteiger partial charge in [-0.1, -0.05) is 24.3 Å². The van der Waals surface area contributed by atoms with Gasteiger partial charge < -0.3 is 34.3 Å². The van der Waals surface area contributed by atoms with Crippen LogP contribution in [0.4, 0.5) is 5.69 Å². The van der Waals surface area contributed by atoms with Crippen LogP contribution in [-0.4, -0.2) is 56.7 Å². The van der Waals surface area contributed by atoms with Crippen molar-refractivity contribution in [3.05, 3.63) is 107 Å². The van der Waals surface area contributed by atoms with E-state index in [2.05, 4.69) is 10.3 Å².